The minimum absolute atomic E-state index is 0.241. The number of nitrogens with zero attached hydrogens (tertiary/aromatic N) is 6. The molecule has 15 nitrogen and oxygen atoms in total. The molecule has 0 fully saturated rings. The van der Waals surface area contributed by atoms with Gasteiger partial charge >= 0.3 is 17.9 Å². The molecule has 0 atom stereocenters. The molecular formula is C90H108N6O9. The summed E-state index contributed by atoms with van der Waals surface area (Å²) in [6, 6.07) is 42.8. The second kappa shape index (κ2) is 38.4. The Morgan fingerprint density at radius 3 is 0.733 bits per heavy atom. The fourth-order valence-corrected chi connectivity index (χ4v) is 15.0. The highest BCUT2D eigenvalue weighted by atomic mass is 16.7. The standard InChI is InChI=1S/C90H108N6O9/c1-10-16-22-28-34-79(91-103-61(7)97)64-37-43-67(44-38-64)94(55-31-25-19-13-4)70-49-52-73-76(58-70)82-85(88(73)100)83-78-60-72(96(57-33-27-21-15-6)69-47-41-66(42-48-69)81(93-105-63(9)99)36-30-24-18-12-3)51-54-75(78)90(102)87(83)84-77-59-71(50-53-74(77)89(101)86(82)84)95(56-32-26-20-14-5)68-45-39-65(40-46-68)80(92-104-62(8)98)35-29-23-17-11-2/h37-54,58-60H,10-36,55-57H2,1-9H3/b91-79-,92-80+,93-81+. The Balaban J connectivity index is 1.21. The molecule has 0 heterocycles. The Morgan fingerprint density at radius 2 is 0.505 bits per heavy atom. The summed E-state index contributed by atoms with van der Waals surface area (Å²) in [5.74, 6) is -1.43. The first-order valence-corrected chi connectivity index (χ1v) is 39.3. The van der Waals surface area contributed by atoms with E-state index in [2.05, 4.69) is 126 Å². The zero-order chi connectivity index (χ0) is 74.4. The second-order valence-corrected chi connectivity index (χ2v) is 28.5. The fourth-order valence-electron chi connectivity index (χ4n) is 15.0. The Morgan fingerprint density at radius 1 is 0.276 bits per heavy atom. The van der Waals surface area contributed by atoms with Crippen LogP contribution in [0.4, 0.5) is 34.1 Å². The molecule has 0 N–H and O–H groups in total. The predicted octanol–water partition coefficient (Wildman–Crippen LogP) is 22.9. The monoisotopic (exact) mass is 1420 g/mol. The summed E-state index contributed by atoms with van der Waals surface area (Å²) in [4.78, 5) is 107. The van der Waals surface area contributed by atoms with Gasteiger partial charge in [-0.25, -0.2) is 14.4 Å². The van der Waals surface area contributed by atoms with Gasteiger partial charge in [0.15, 0.2) is 16.3 Å². The first kappa shape index (κ1) is 78.0. The number of anilines is 6. The Kier molecular flexibility index (Phi) is 28.5. The van der Waals surface area contributed by atoms with Crippen molar-refractivity contribution in [1.29, 1.82) is 0 Å². The molecule has 552 valence electrons. The smallest absolute Gasteiger partial charge is 0.331 e. The number of rotatable bonds is 42. The average Bonchev–Trinajstić information content (AvgIpc) is 1.52. The minimum Gasteiger partial charge on any atom is -0.341 e. The van der Waals surface area contributed by atoms with Crippen LogP contribution in [-0.2, 0) is 28.9 Å². The first-order valence-electron chi connectivity index (χ1n) is 39.3. The van der Waals surface area contributed by atoms with Crippen LogP contribution in [0.1, 0.15) is 252 Å². The molecule has 0 bridgehead atoms. The topological polar surface area (TPSA) is 177 Å². The molecule has 10 rings (SSSR count). The normalized spacial score (nSPS) is 12.3. The maximum Gasteiger partial charge on any atom is 0.331 e. The molecule has 0 radical (unpaired) electrons. The van der Waals surface area contributed by atoms with Crippen LogP contribution in [0, 0.1) is 0 Å². The quantitative estimate of drug-likeness (QED) is 0.0153. The Labute approximate surface area is 619 Å². The Hall–Kier alpha value is -9.63. The summed E-state index contributed by atoms with van der Waals surface area (Å²) in [7, 11) is 0. The van der Waals surface area contributed by atoms with E-state index in [0.717, 1.165) is 205 Å². The van der Waals surface area contributed by atoms with Gasteiger partial charge in [0.1, 0.15) is 0 Å². The lowest BCUT2D eigenvalue weighted by Crippen LogP contribution is -2.18. The number of hydrogen-bond donors (Lipinski definition) is 0. The number of hydrogen-bond acceptors (Lipinski definition) is 15. The number of unbranched alkanes of at least 4 members (excludes halogenated alkanes) is 18. The maximum absolute atomic E-state index is 16.1. The van der Waals surface area contributed by atoms with Crippen molar-refractivity contribution in [2.75, 3.05) is 34.3 Å². The molecule has 0 unspecified atom stereocenters. The van der Waals surface area contributed by atoms with Crippen LogP contribution in [0.5, 0.6) is 0 Å². The highest BCUT2D eigenvalue weighted by Gasteiger charge is 2.30. The highest BCUT2D eigenvalue weighted by molar-refractivity contribution is 6.43. The van der Waals surface area contributed by atoms with Gasteiger partial charge in [-0.3, -0.25) is 14.4 Å². The van der Waals surface area contributed by atoms with Crippen LogP contribution in [-0.4, -0.2) is 54.7 Å². The van der Waals surface area contributed by atoms with Crippen molar-refractivity contribution >= 4 is 134 Å². The lowest BCUT2D eigenvalue weighted by Gasteiger charge is -2.26. The molecule has 0 spiro atoms. The molecular weight excluding hydrogens is 1310 g/mol. The van der Waals surface area contributed by atoms with Crippen molar-refractivity contribution in [2.45, 2.75) is 236 Å². The van der Waals surface area contributed by atoms with Gasteiger partial charge in [-0.15, -0.1) is 0 Å². The zero-order valence-electron chi connectivity index (χ0n) is 63.7. The van der Waals surface area contributed by atoms with E-state index in [1.165, 1.54) is 20.8 Å². The van der Waals surface area contributed by atoms with Crippen molar-refractivity contribution in [1.82, 2.24) is 0 Å². The van der Waals surface area contributed by atoms with Gasteiger partial charge < -0.3 is 29.2 Å². The van der Waals surface area contributed by atoms with Gasteiger partial charge in [-0.05, 0) is 182 Å². The molecule has 10 aromatic carbocycles. The van der Waals surface area contributed by atoms with E-state index >= 15 is 14.4 Å². The molecule has 10 aromatic rings. The molecule has 0 aliphatic carbocycles. The van der Waals surface area contributed by atoms with E-state index in [1.807, 2.05) is 72.8 Å². The van der Waals surface area contributed by atoms with E-state index in [4.69, 9.17) is 14.5 Å². The van der Waals surface area contributed by atoms with E-state index in [9.17, 15) is 14.4 Å². The number of carbonyl (C=O) groups is 3. The van der Waals surface area contributed by atoms with Crippen molar-refractivity contribution in [3.05, 3.63) is 175 Å². The molecule has 105 heavy (non-hydrogen) atoms. The van der Waals surface area contributed by atoms with Crippen molar-refractivity contribution in [3.8, 4) is 0 Å². The van der Waals surface area contributed by atoms with E-state index in [0.29, 0.717) is 121 Å². The lowest BCUT2D eigenvalue weighted by atomic mass is 9.98. The summed E-state index contributed by atoms with van der Waals surface area (Å²) < 4.78 is 0. The SMILES string of the molecule is CCCCCC/C(=N/OC(C)=O)c1ccc(N(CCCCCC)c2ccc3c(=O)c4c(c3c2)c2c(=O)c3ccc(N(CCCCCC)c5ccc(/C(CCCCCC)=N/OC(C)=O)cc5)cc3c2c2c(=O)c3ccc(N(CCCCCC)c5ccc(/C(CCCCCC)=N/OC(C)=O)cc5)cc3c42)cc1. The van der Waals surface area contributed by atoms with Crippen LogP contribution in [0.25, 0.3) is 64.6 Å². The molecule has 0 aromatic heterocycles. The van der Waals surface area contributed by atoms with E-state index in [-0.39, 0.29) is 16.3 Å². The molecule has 15 heteroatoms. The maximum atomic E-state index is 16.1. The van der Waals surface area contributed by atoms with Crippen molar-refractivity contribution in [2.24, 2.45) is 15.5 Å². The van der Waals surface area contributed by atoms with Crippen LogP contribution in [0.3, 0.4) is 0 Å². The molecule has 0 aliphatic heterocycles. The van der Waals surface area contributed by atoms with E-state index in [1.54, 1.807) is 0 Å². The second-order valence-electron chi connectivity index (χ2n) is 28.5. The number of oxime groups is 3. The van der Waals surface area contributed by atoms with Crippen molar-refractivity contribution < 1.29 is 28.9 Å². The third-order valence-corrected chi connectivity index (χ3v) is 20.6. The van der Waals surface area contributed by atoms with Crippen LogP contribution < -0.4 is 31.0 Å². The van der Waals surface area contributed by atoms with E-state index < -0.39 is 17.9 Å². The Bertz CT molecular complexity index is 4340. The summed E-state index contributed by atoms with van der Waals surface area (Å²) in [5, 5.41) is 19.0. The van der Waals surface area contributed by atoms with Gasteiger partial charge in [0, 0.05) is 123 Å². The number of fused-ring (bicyclic) bond motifs is 12. The van der Waals surface area contributed by atoms with Crippen LogP contribution in [0.2, 0.25) is 0 Å². The summed E-state index contributed by atoms with van der Waals surface area (Å²) in [6.45, 7) is 19.2. The number of benzene rings is 7. The van der Waals surface area contributed by atoms with Crippen LogP contribution in [0.15, 0.2) is 157 Å². The summed E-state index contributed by atoms with van der Waals surface area (Å²) in [5.41, 5.74) is 9.34. The number of carbonyl (C=O) groups excluding carboxylic acids is 3. The molecule has 0 saturated heterocycles. The lowest BCUT2D eigenvalue weighted by molar-refractivity contribution is -0.141. The van der Waals surface area contributed by atoms with Gasteiger partial charge in [0.05, 0.1) is 17.1 Å². The average molecular weight is 1420 g/mol. The van der Waals surface area contributed by atoms with Gasteiger partial charge in [-0.1, -0.05) is 209 Å². The minimum atomic E-state index is -0.475. The fraction of sp³-hybridized carbons (Fsp3) is 0.433. The van der Waals surface area contributed by atoms with Crippen molar-refractivity contribution in [3.63, 3.8) is 0 Å². The molecule has 0 saturated carbocycles. The molecule has 0 aliphatic rings. The van der Waals surface area contributed by atoms with Gasteiger partial charge in [0.2, 0.25) is 0 Å². The van der Waals surface area contributed by atoms with Gasteiger partial charge in [0.25, 0.3) is 0 Å². The van der Waals surface area contributed by atoms with Crippen LogP contribution >= 0.6 is 0 Å². The zero-order valence-corrected chi connectivity index (χ0v) is 63.7. The summed E-state index contributed by atoms with van der Waals surface area (Å²) >= 11 is 0. The largest absolute Gasteiger partial charge is 0.341 e. The predicted molar refractivity (Wildman–Crippen MR) is 438 cm³/mol. The third-order valence-electron chi connectivity index (χ3n) is 20.6. The highest BCUT2D eigenvalue weighted by Crippen LogP contribution is 2.46. The third kappa shape index (κ3) is 18.9. The summed E-state index contributed by atoms with van der Waals surface area (Å²) in [6.07, 6.45) is 26.6. The van der Waals surface area contributed by atoms with Gasteiger partial charge in [-0.2, -0.15) is 0 Å². The molecule has 0 amide bonds. The first-order chi connectivity index (χ1) is 51.1.